The maximum atomic E-state index is 12.2. The van der Waals surface area contributed by atoms with Crippen molar-refractivity contribution in [3.63, 3.8) is 0 Å². The van der Waals surface area contributed by atoms with Crippen molar-refractivity contribution in [2.24, 2.45) is 0 Å². The van der Waals surface area contributed by atoms with Crippen molar-refractivity contribution in [3.05, 3.63) is 53.1 Å². The van der Waals surface area contributed by atoms with Crippen molar-refractivity contribution < 1.29 is 17.9 Å². The Morgan fingerprint density at radius 1 is 1.17 bits per heavy atom. The minimum Gasteiger partial charge on any atom is -0.495 e. The van der Waals surface area contributed by atoms with E-state index >= 15 is 0 Å². The summed E-state index contributed by atoms with van der Waals surface area (Å²) in [6, 6.07) is 10.9. The van der Waals surface area contributed by atoms with Crippen molar-refractivity contribution in [1.82, 2.24) is 0 Å². The fraction of sp³-hybridized carbons (Fsp3) is 0.188. The number of hydrogen-bond acceptors (Lipinski definition) is 4. The van der Waals surface area contributed by atoms with Gasteiger partial charge in [0.15, 0.2) is 9.84 Å². The van der Waals surface area contributed by atoms with Crippen LogP contribution < -0.4 is 10.1 Å². The Kier molecular flexibility index (Phi) is 5.28. The van der Waals surface area contributed by atoms with E-state index in [0.29, 0.717) is 16.5 Å². The Labute approximate surface area is 140 Å². The highest BCUT2D eigenvalue weighted by Gasteiger charge is 2.20. The lowest BCUT2D eigenvalue weighted by atomic mass is 10.2. The zero-order chi connectivity index (χ0) is 17.0. The van der Waals surface area contributed by atoms with Crippen LogP contribution >= 0.6 is 11.6 Å². The number of hydrogen-bond donors (Lipinski definition) is 1. The number of methoxy groups -OCH3 is 1. The first-order chi connectivity index (χ1) is 10.8. The first-order valence-electron chi connectivity index (χ1n) is 6.74. The number of amides is 1. The van der Waals surface area contributed by atoms with Crippen LogP contribution in [0.4, 0.5) is 5.69 Å². The van der Waals surface area contributed by atoms with Crippen LogP contribution in [0.1, 0.15) is 5.56 Å². The van der Waals surface area contributed by atoms with Crippen LogP contribution in [0.25, 0.3) is 0 Å². The van der Waals surface area contributed by atoms with Gasteiger partial charge in [0, 0.05) is 5.02 Å². The minimum atomic E-state index is -3.74. The molecule has 7 heteroatoms. The summed E-state index contributed by atoms with van der Waals surface area (Å²) >= 11 is 5.74. The molecule has 1 amide bonds. The molecule has 0 radical (unpaired) electrons. The Bertz CT molecular complexity index is 816. The van der Waals surface area contributed by atoms with Crippen molar-refractivity contribution in [1.29, 1.82) is 0 Å². The van der Waals surface area contributed by atoms with E-state index in [1.807, 2.05) is 13.0 Å². The number of nitrogens with one attached hydrogen (secondary N) is 1. The lowest BCUT2D eigenvalue weighted by Gasteiger charge is -2.11. The van der Waals surface area contributed by atoms with Gasteiger partial charge in [-0.25, -0.2) is 8.42 Å². The molecule has 2 rings (SSSR count). The number of carbonyl (C=O) groups excluding carboxylic acids is 1. The summed E-state index contributed by atoms with van der Waals surface area (Å²) in [7, 11) is -2.26. The largest absolute Gasteiger partial charge is 0.495 e. The number of anilines is 1. The molecule has 0 aliphatic heterocycles. The van der Waals surface area contributed by atoms with Gasteiger partial charge in [0.05, 0.1) is 17.7 Å². The summed E-state index contributed by atoms with van der Waals surface area (Å²) in [5.41, 5.74) is 1.35. The SMILES string of the molecule is COc1ccc(C)cc1NC(=O)CS(=O)(=O)c1ccc(Cl)cc1. The highest BCUT2D eigenvalue weighted by atomic mass is 35.5. The van der Waals surface area contributed by atoms with Crippen molar-refractivity contribution in [2.75, 3.05) is 18.2 Å². The first-order valence-corrected chi connectivity index (χ1v) is 8.77. The monoisotopic (exact) mass is 353 g/mol. The van der Waals surface area contributed by atoms with Crippen LogP contribution in [0.15, 0.2) is 47.4 Å². The van der Waals surface area contributed by atoms with Gasteiger partial charge in [0.2, 0.25) is 5.91 Å². The average molecular weight is 354 g/mol. The Morgan fingerprint density at radius 3 is 2.43 bits per heavy atom. The zero-order valence-electron chi connectivity index (χ0n) is 12.7. The lowest BCUT2D eigenvalue weighted by molar-refractivity contribution is -0.113. The lowest BCUT2D eigenvalue weighted by Crippen LogP contribution is -2.23. The zero-order valence-corrected chi connectivity index (χ0v) is 14.2. The predicted octanol–water partition coefficient (Wildman–Crippen LogP) is 3.07. The molecule has 2 aromatic rings. The summed E-state index contributed by atoms with van der Waals surface area (Å²) in [6.45, 7) is 1.86. The Hall–Kier alpha value is -2.05. The molecule has 0 saturated heterocycles. The van der Waals surface area contributed by atoms with E-state index in [1.54, 1.807) is 12.1 Å². The third-order valence-electron chi connectivity index (χ3n) is 3.12. The molecule has 0 spiro atoms. The van der Waals surface area contributed by atoms with Crippen LogP contribution in [-0.4, -0.2) is 27.2 Å². The number of ether oxygens (including phenoxy) is 1. The van der Waals surface area contributed by atoms with Gasteiger partial charge in [0.1, 0.15) is 11.5 Å². The second kappa shape index (κ2) is 7.02. The van der Waals surface area contributed by atoms with Crippen LogP contribution in [0, 0.1) is 6.92 Å². The molecular weight excluding hydrogens is 338 g/mol. The van der Waals surface area contributed by atoms with Crippen LogP contribution in [0.2, 0.25) is 5.02 Å². The second-order valence-corrected chi connectivity index (χ2v) is 7.39. The summed E-state index contributed by atoms with van der Waals surface area (Å²) in [5.74, 6) is -0.831. The van der Waals surface area contributed by atoms with Crippen LogP contribution in [0.3, 0.4) is 0 Å². The molecule has 1 N–H and O–H groups in total. The van der Waals surface area contributed by atoms with Gasteiger partial charge in [-0.15, -0.1) is 0 Å². The van der Waals surface area contributed by atoms with Crippen LogP contribution in [0.5, 0.6) is 5.75 Å². The minimum absolute atomic E-state index is 0.0493. The molecule has 23 heavy (non-hydrogen) atoms. The number of rotatable bonds is 5. The van der Waals surface area contributed by atoms with Crippen molar-refractivity contribution >= 4 is 33.0 Å². The van der Waals surface area contributed by atoms with E-state index in [0.717, 1.165) is 5.56 Å². The van der Waals surface area contributed by atoms with E-state index in [-0.39, 0.29) is 4.90 Å². The predicted molar refractivity (Wildman–Crippen MR) is 89.9 cm³/mol. The molecule has 5 nitrogen and oxygen atoms in total. The highest BCUT2D eigenvalue weighted by Crippen LogP contribution is 2.25. The molecular formula is C16H16ClNO4S. The van der Waals surface area contributed by atoms with Gasteiger partial charge in [-0.2, -0.15) is 0 Å². The molecule has 0 atom stereocenters. The van der Waals surface area contributed by atoms with E-state index in [4.69, 9.17) is 16.3 Å². The standard InChI is InChI=1S/C16H16ClNO4S/c1-11-3-8-15(22-2)14(9-11)18-16(19)10-23(20,21)13-6-4-12(17)5-7-13/h3-9H,10H2,1-2H3,(H,18,19). The number of aryl methyl sites for hydroxylation is 1. The highest BCUT2D eigenvalue weighted by molar-refractivity contribution is 7.92. The molecule has 0 heterocycles. The van der Waals surface area contributed by atoms with Gasteiger partial charge < -0.3 is 10.1 Å². The molecule has 0 aliphatic rings. The van der Waals surface area contributed by atoms with Crippen molar-refractivity contribution in [3.8, 4) is 5.75 Å². The van der Waals surface area contributed by atoms with E-state index in [9.17, 15) is 13.2 Å². The number of halogens is 1. The fourth-order valence-electron chi connectivity index (χ4n) is 2.00. The van der Waals surface area contributed by atoms with Gasteiger partial charge in [0.25, 0.3) is 0 Å². The van der Waals surface area contributed by atoms with Crippen molar-refractivity contribution in [2.45, 2.75) is 11.8 Å². The van der Waals surface area contributed by atoms with Gasteiger partial charge in [-0.3, -0.25) is 4.79 Å². The number of benzene rings is 2. The Morgan fingerprint density at radius 2 is 1.83 bits per heavy atom. The Balaban J connectivity index is 2.16. The molecule has 122 valence electrons. The third-order valence-corrected chi connectivity index (χ3v) is 5.01. The maximum absolute atomic E-state index is 12.2. The molecule has 0 saturated carbocycles. The van der Waals surface area contributed by atoms with Gasteiger partial charge >= 0.3 is 0 Å². The number of sulfone groups is 1. The fourth-order valence-corrected chi connectivity index (χ4v) is 3.26. The van der Waals surface area contributed by atoms with E-state index in [1.165, 1.54) is 31.4 Å². The first kappa shape index (κ1) is 17.3. The molecule has 0 aromatic heterocycles. The smallest absolute Gasteiger partial charge is 0.240 e. The summed E-state index contributed by atoms with van der Waals surface area (Å²) in [4.78, 5) is 12.1. The molecule has 0 bridgehead atoms. The molecule has 0 aliphatic carbocycles. The second-order valence-electron chi connectivity index (χ2n) is 4.96. The van der Waals surface area contributed by atoms with Gasteiger partial charge in [-0.05, 0) is 48.9 Å². The van der Waals surface area contributed by atoms with E-state index in [2.05, 4.69) is 5.32 Å². The summed E-state index contributed by atoms with van der Waals surface area (Å²) in [5, 5.41) is 3.00. The molecule has 2 aromatic carbocycles. The summed E-state index contributed by atoms with van der Waals surface area (Å²) < 4.78 is 29.6. The van der Waals surface area contributed by atoms with E-state index < -0.39 is 21.5 Å². The normalized spacial score (nSPS) is 11.1. The topological polar surface area (TPSA) is 72.5 Å². The van der Waals surface area contributed by atoms with Crippen LogP contribution in [-0.2, 0) is 14.6 Å². The number of carbonyl (C=O) groups is 1. The maximum Gasteiger partial charge on any atom is 0.240 e. The third kappa shape index (κ3) is 4.46. The summed E-state index contributed by atoms with van der Waals surface area (Å²) in [6.07, 6.45) is 0. The molecule has 0 fully saturated rings. The average Bonchev–Trinajstić information content (AvgIpc) is 2.47. The quantitative estimate of drug-likeness (QED) is 0.896. The molecule has 0 unspecified atom stereocenters. The van der Waals surface area contributed by atoms with Gasteiger partial charge in [-0.1, -0.05) is 17.7 Å².